The van der Waals surface area contributed by atoms with E-state index in [-0.39, 0.29) is 12.5 Å². The Morgan fingerprint density at radius 3 is 1.36 bits per heavy atom. The predicted octanol–water partition coefficient (Wildman–Crippen LogP) is 5.91. The van der Waals surface area contributed by atoms with Crippen LogP contribution in [0.2, 0.25) is 0 Å². The van der Waals surface area contributed by atoms with Crippen molar-refractivity contribution < 1.29 is 52.5 Å². The number of rotatable bonds is 21. The zero-order valence-electron chi connectivity index (χ0n) is 37.6. The van der Waals surface area contributed by atoms with Gasteiger partial charge in [-0.1, -0.05) is 25.7 Å². The van der Waals surface area contributed by atoms with Gasteiger partial charge in [0.05, 0.1) is 0 Å². The first-order valence-corrected chi connectivity index (χ1v) is 20.3. The van der Waals surface area contributed by atoms with E-state index in [0.29, 0.717) is 58.4 Å². The van der Waals surface area contributed by atoms with Crippen molar-refractivity contribution in [2.24, 2.45) is 4.99 Å². The van der Waals surface area contributed by atoms with Crippen LogP contribution in [0.5, 0.6) is 0 Å². The lowest BCUT2D eigenvalue weighted by atomic mass is 10.1. The van der Waals surface area contributed by atoms with Gasteiger partial charge in [-0.05, 0) is 115 Å². The second-order valence-corrected chi connectivity index (χ2v) is 17.8. The van der Waals surface area contributed by atoms with Crippen molar-refractivity contribution in [3.05, 3.63) is 0 Å². The highest BCUT2D eigenvalue weighted by molar-refractivity contribution is 6.03. The summed E-state index contributed by atoms with van der Waals surface area (Å²) in [6.07, 6.45) is 2.81. The van der Waals surface area contributed by atoms with Gasteiger partial charge in [0.25, 0.3) is 11.8 Å². The Hall–Kier alpha value is -4.35. The average Bonchev–Trinajstić information content (AvgIpc) is 3.03. The Bertz CT molecular complexity index is 1280. The van der Waals surface area contributed by atoms with E-state index in [1.807, 2.05) is 0 Å². The molecule has 5 N–H and O–H groups in total. The van der Waals surface area contributed by atoms with Gasteiger partial charge in [0.15, 0.2) is 0 Å². The number of methoxy groups -OCH3 is 1. The lowest BCUT2D eigenvalue weighted by Gasteiger charge is -2.27. The van der Waals surface area contributed by atoms with Gasteiger partial charge in [-0.15, -0.1) is 0 Å². The summed E-state index contributed by atoms with van der Waals surface area (Å²) < 4.78 is 26.5. The van der Waals surface area contributed by atoms with Crippen molar-refractivity contribution in [2.75, 3.05) is 46.4 Å². The fraction of sp³-hybridized carbons (Fsp3) is 0.825. The van der Waals surface area contributed by atoms with Crippen LogP contribution in [0.3, 0.4) is 0 Å². The van der Waals surface area contributed by atoms with Gasteiger partial charge in [0.2, 0.25) is 12.1 Å². The number of carbonyl (C=O) groups is 6. The summed E-state index contributed by atoms with van der Waals surface area (Å²) in [5.41, 5.74) is -2.74. The number of ether oxygens (including phenoxy) is 5. The fourth-order valence-electron chi connectivity index (χ4n) is 4.81. The summed E-state index contributed by atoms with van der Waals surface area (Å²) in [5, 5.41) is 13.1. The third-order valence-electron chi connectivity index (χ3n) is 7.18. The number of guanidine groups is 1. The number of unbranched alkanes of at least 4 members (excludes halogenated alkanes) is 6. The molecule has 0 rings (SSSR count). The van der Waals surface area contributed by atoms with Crippen LogP contribution in [0.15, 0.2) is 4.99 Å². The number of alkyl carbamates (subject to hydrolysis) is 3. The minimum Gasteiger partial charge on any atom is -0.444 e. The highest BCUT2D eigenvalue weighted by Gasteiger charge is 2.26. The quantitative estimate of drug-likeness (QED) is 0.0301. The molecule has 0 aromatic heterocycles. The number of amides is 6. The highest BCUT2D eigenvalue weighted by atomic mass is 16.6. The lowest BCUT2D eigenvalue weighted by molar-refractivity contribution is -0.143. The maximum absolute atomic E-state index is 12.8. The normalized spacial score (nSPS) is 12.3. The largest absolute Gasteiger partial charge is 0.444 e. The fourth-order valence-corrected chi connectivity index (χ4v) is 4.81. The van der Waals surface area contributed by atoms with Crippen LogP contribution in [-0.4, -0.2) is 122 Å². The van der Waals surface area contributed by atoms with Gasteiger partial charge in [0, 0.05) is 46.4 Å². The minimum absolute atomic E-state index is 0.0522. The molecule has 1 atom stereocenters. The van der Waals surface area contributed by atoms with E-state index >= 15 is 0 Å². The van der Waals surface area contributed by atoms with E-state index < -0.39 is 64.7 Å². The molecule has 0 aliphatic heterocycles. The molecule has 0 aromatic rings. The zero-order chi connectivity index (χ0) is 44.6. The lowest BCUT2D eigenvalue weighted by Crippen LogP contribution is -2.47. The molecular formula is C40H75N7O11. The highest BCUT2D eigenvalue weighted by Crippen LogP contribution is 2.12. The third-order valence-corrected chi connectivity index (χ3v) is 7.18. The minimum atomic E-state index is -1.30. The molecule has 6 amide bonds. The van der Waals surface area contributed by atoms with Crippen LogP contribution in [0.25, 0.3) is 0 Å². The van der Waals surface area contributed by atoms with Crippen LogP contribution in [0.4, 0.5) is 19.2 Å². The molecule has 0 spiro atoms. The molecule has 0 heterocycles. The van der Waals surface area contributed by atoms with E-state index in [9.17, 15) is 28.8 Å². The van der Waals surface area contributed by atoms with E-state index in [1.54, 1.807) is 88.0 Å². The Morgan fingerprint density at radius 2 is 0.897 bits per heavy atom. The van der Waals surface area contributed by atoms with Crippen LogP contribution in [0.1, 0.15) is 141 Å². The van der Waals surface area contributed by atoms with E-state index in [2.05, 4.69) is 31.6 Å². The van der Waals surface area contributed by atoms with Gasteiger partial charge in [0.1, 0.15) is 22.4 Å². The molecule has 0 aliphatic carbocycles. The number of hydrogen-bond donors (Lipinski definition) is 5. The zero-order valence-corrected chi connectivity index (χ0v) is 37.6. The second-order valence-electron chi connectivity index (χ2n) is 17.8. The van der Waals surface area contributed by atoms with Crippen LogP contribution in [-0.2, 0) is 33.3 Å². The summed E-state index contributed by atoms with van der Waals surface area (Å²) in [6.45, 7) is 23.1. The Balaban J connectivity index is 4.59. The Labute approximate surface area is 346 Å². The summed E-state index contributed by atoms with van der Waals surface area (Å²) in [5.74, 6) is -1.13. The average molecular weight is 830 g/mol. The van der Waals surface area contributed by atoms with Crippen molar-refractivity contribution in [1.29, 1.82) is 0 Å². The molecule has 0 saturated carbocycles. The smallest absolute Gasteiger partial charge is 0.414 e. The number of nitrogens with zero attached hydrogens (tertiary/aromatic N) is 2. The number of nitrogens with one attached hydrogen (secondary N) is 5. The first-order chi connectivity index (χ1) is 26.7. The molecule has 1 unspecified atom stereocenters. The van der Waals surface area contributed by atoms with Crippen molar-refractivity contribution in [3.63, 3.8) is 0 Å². The van der Waals surface area contributed by atoms with E-state index in [1.165, 1.54) is 7.11 Å². The molecular weight excluding hydrogens is 754 g/mol. The van der Waals surface area contributed by atoms with Gasteiger partial charge >= 0.3 is 24.4 Å². The maximum Gasteiger partial charge on any atom is 0.414 e. The maximum atomic E-state index is 12.8. The Morgan fingerprint density at radius 1 is 0.500 bits per heavy atom. The van der Waals surface area contributed by atoms with Gasteiger partial charge < -0.3 is 44.5 Å². The monoisotopic (exact) mass is 830 g/mol. The molecule has 0 saturated heterocycles. The van der Waals surface area contributed by atoms with Crippen LogP contribution < -0.4 is 26.6 Å². The van der Waals surface area contributed by atoms with Crippen molar-refractivity contribution in [3.8, 4) is 0 Å². The molecule has 0 radical (unpaired) electrons. The molecule has 0 fully saturated rings. The first-order valence-electron chi connectivity index (χ1n) is 20.3. The molecule has 0 aliphatic rings. The summed E-state index contributed by atoms with van der Waals surface area (Å²) in [6, 6.07) is 0. The second kappa shape index (κ2) is 26.6. The first kappa shape index (κ1) is 53.6. The van der Waals surface area contributed by atoms with Gasteiger partial charge in [-0.25, -0.2) is 19.2 Å². The molecule has 0 bridgehead atoms. The van der Waals surface area contributed by atoms with Gasteiger partial charge in [-0.3, -0.25) is 25.2 Å². The van der Waals surface area contributed by atoms with Crippen LogP contribution >= 0.6 is 0 Å². The molecule has 0 aromatic carbocycles. The summed E-state index contributed by atoms with van der Waals surface area (Å²) >= 11 is 0. The van der Waals surface area contributed by atoms with E-state index in [0.717, 1.165) is 32.1 Å². The number of carbonyl (C=O) groups excluding carboxylic acids is 6. The SMILES string of the molecule is COC(C(=O)NCCCCCCCCN=C(NC(=O)OC(C)(C)C)NC(=O)OC(C)(C)C)C(=O)NCCCCN(CCCNC(=O)OC(C)(C)C)C(=O)OC(C)(C)C. The van der Waals surface area contributed by atoms with Crippen molar-refractivity contribution in [1.82, 2.24) is 31.5 Å². The standard InChI is InChI=1S/C40H75N7O11/c1-37(2,3)55-33(50)44-26-22-28-47(36(53)58-40(10,11)12)27-21-20-24-42-31(49)29(54-13)30(48)41-23-18-16-14-15-17-19-25-43-32(45-34(51)56-38(4,5)6)46-35(52)57-39(7,8)9/h29H,14-28H2,1-13H3,(H,41,48)(H,42,49)(H,44,50)(H2,43,45,46,51,52). The van der Waals surface area contributed by atoms with Gasteiger partial charge in [-0.2, -0.15) is 0 Å². The van der Waals surface area contributed by atoms with Crippen LogP contribution in [0, 0.1) is 0 Å². The number of aliphatic imine (C=N–C) groups is 1. The third kappa shape index (κ3) is 30.7. The molecule has 336 valence electrons. The summed E-state index contributed by atoms with van der Waals surface area (Å²) in [7, 11) is 1.30. The molecule has 18 nitrogen and oxygen atoms in total. The Kier molecular flexibility index (Phi) is 24.6. The van der Waals surface area contributed by atoms with Crippen molar-refractivity contribution >= 4 is 42.1 Å². The predicted molar refractivity (Wildman–Crippen MR) is 221 cm³/mol. The van der Waals surface area contributed by atoms with E-state index in [4.69, 9.17) is 23.7 Å². The number of hydrogen-bond acceptors (Lipinski definition) is 12. The molecule has 58 heavy (non-hydrogen) atoms. The summed E-state index contributed by atoms with van der Waals surface area (Å²) in [4.78, 5) is 80.5. The molecule has 18 heteroatoms. The topological polar surface area (TPSA) is 224 Å². The van der Waals surface area contributed by atoms with Crippen molar-refractivity contribution in [2.45, 2.75) is 169 Å².